The van der Waals surface area contributed by atoms with Crippen LogP contribution in [-0.2, 0) is 20.2 Å². The fraction of sp³-hybridized carbons (Fsp3) is 0.0769. The van der Waals surface area contributed by atoms with E-state index in [9.17, 15) is 21.4 Å². The summed E-state index contributed by atoms with van der Waals surface area (Å²) < 4.78 is 63.9. The molecule has 0 aliphatic heterocycles. The molecule has 0 saturated heterocycles. The summed E-state index contributed by atoms with van der Waals surface area (Å²) in [6.45, 7) is 1.68. The summed E-state index contributed by atoms with van der Waals surface area (Å²) in [6, 6.07) is 6.02. The molecule has 0 fully saturated rings. The van der Waals surface area contributed by atoms with Crippen LogP contribution in [0.5, 0.6) is 0 Å². The fourth-order valence-corrected chi connectivity index (χ4v) is 3.23. The van der Waals surface area contributed by atoms with Crippen LogP contribution in [0.15, 0.2) is 50.4 Å². The molecule has 0 heterocycles. The van der Waals surface area contributed by atoms with E-state index in [1.807, 2.05) is 0 Å². The third-order valence-electron chi connectivity index (χ3n) is 3.13. The van der Waals surface area contributed by atoms with Crippen molar-refractivity contribution in [2.75, 3.05) is 11.5 Å². The maximum Gasteiger partial charge on any atom is 0.296 e. The summed E-state index contributed by atoms with van der Waals surface area (Å²) in [5.41, 5.74) is 11.4. The molecule has 0 saturated carbocycles. The Bertz CT molecular complexity index is 1080. The monoisotopic (exact) mass is 386 g/mol. The second-order valence-corrected chi connectivity index (χ2v) is 7.83. The van der Waals surface area contributed by atoms with Crippen molar-refractivity contribution >= 4 is 43.0 Å². The molecule has 0 radical (unpaired) electrons. The number of aryl methyl sites for hydroxylation is 1. The van der Waals surface area contributed by atoms with Gasteiger partial charge in [0.2, 0.25) is 0 Å². The Hall–Kier alpha value is -2.54. The lowest BCUT2D eigenvalue weighted by Crippen LogP contribution is -2.06. The first-order valence-electron chi connectivity index (χ1n) is 6.56. The second-order valence-electron chi connectivity index (χ2n) is 5.05. The fourth-order valence-electron chi connectivity index (χ4n) is 1.97. The van der Waals surface area contributed by atoms with E-state index >= 15 is 0 Å². The van der Waals surface area contributed by atoms with Crippen molar-refractivity contribution in [1.29, 1.82) is 0 Å². The molecule has 0 unspecified atom stereocenters. The summed E-state index contributed by atoms with van der Waals surface area (Å²) in [6.07, 6.45) is 0. The van der Waals surface area contributed by atoms with Crippen LogP contribution in [0.1, 0.15) is 5.56 Å². The quantitative estimate of drug-likeness (QED) is 0.349. The summed E-state index contributed by atoms with van der Waals surface area (Å²) >= 11 is 0. The number of anilines is 2. The number of rotatable bonds is 4. The van der Waals surface area contributed by atoms with Crippen molar-refractivity contribution < 1.29 is 25.9 Å². The molecule has 0 aliphatic carbocycles. The van der Waals surface area contributed by atoms with Crippen LogP contribution >= 0.6 is 0 Å². The molecule has 12 heteroatoms. The molecule has 0 amide bonds. The van der Waals surface area contributed by atoms with Crippen LogP contribution in [0.3, 0.4) is 0 Å². The van der Waals surface area contributed by atoms with Gasteiger partial charge in [-0.25, -0.2) is 0 Å². The maximum atomic E-state index is 11.5. The lowest BCUT2D eigenvalue weighted by molar-refractivity contribution is 0.479. The smallest absolute Gasteiger partial charge is 0.296 e. The van der Waals surface area contributed by atoms with Crippen LogP contribution in [0.4, 0.5) is 22.7 Å². The third-order valence-corrected chi connectivity index (χ3v) is 4.93. The van der Waals surface area contributed by atoms with E-state index in [0.29, 0.717) is 29.1 Å². The van der Waals surface area contributed by atoms with Crippen LogP contribution < -0.4 is 11.5 Å². The van der Waals surface area contributed by atoms with E-state index in [4.69, 9.17) is 16.0 Å². The van der Waals surface area contributed by atoms with Gasteiger partial charge in [-0.1, -0.05) is 0 Å². The van der Waals surface area contributed by atoms with Crippen LogP contribution in [-0.4, -0.2) is 25.9 Å². The van der Waals surface area contributed by atoms with E-state index in [0.717, 1.165) is 0 Å². The summed E-state index contributed by atoms with van der Waals surface area (Å²) in [5.74, 6) is 0. The van der Waals surface area contributed by atoms with Gasteiger partial charge in [-0.2, -0.15) is 21.9 Å². The number of nitrogen functional groups attached to an aromatic ring is 2. The molecule has 10 nitrogen and oxygen atoms in total. The molecular weight excluding hydrogens is 372 g/mol. The molecule has 0 atom stereocenters. The van der Waals surface area contributed by atoms with Gasteiger partial charge in [0.1, 0.15) is 15.5 Å². The highest BCUT2D eigenvalue weighted by Crippen LogP contribution is 2.33. The molecule has 0 bridgehead atoms. The third kappa shape index (κ3) is 4.30. The minimum absolute atomic E-state index is 0.334. The first-order chi connectivity index (χ1) is 11.4. The minimum atomic E-state index is -4.77. The van der Waals surface area contributed by atoms with E-state index in [-0.39, 0.29) is 0 Å². The van der Waals surface area contributed by atoms with Gasteiger partial charge in [0.05, 0.1) is 11.4 Å². The van der Waals surface area contributed by atoms with Crippen molar-refractivity contribution in [1.82, 2.24) is 0 Å². The highest BCUT2D eigenvalue weighted by Gasteiger charge is 2.23. The molecule has 2 aromatic carbocycles. The number of azo groups is 1. The van der Waals surface area contributed by atoms with Gasteiger partial charge < -0.3 is 11.5 Å². The highest BCUT2D eigenvalue weighted by molar-refractivity contribution is 7.86. The van der Waals surface area contributed by atoms with Crippen molar-refractivity contribution in [3.8, 4) is 0 Å². The van der Waals surface area contributed by atoms with Gasteiger partial charge in [-0.15, -0.1) is 5.11 Å². The van der Waals surface area contributed by atoms with Crippen molar-refractivity contribution in [3.63, 3.8) is 0 Å². The molecule has 2 aromatic rings. The largest absolute Gasteiger partial charge is 0.399 e. The summed E-state index contributed by atoms with van der Waals surface area (Å²) in [5, 5.41) is 7.48. The van der Waals surface area contributed by atoms with E-state index in [1.54, 1.807) is 13.0 Å². The number of benzene rings is 2. The Morgan fingerprint density at radius 3 is 1.92 bits per heavy atom. The molecule has 6 N–H and O–H groups in total. The molecule has 0 aromatic heterocycles. The van der Waals surface area contributed by atoms with Gasteiger partial charge in [0, 0.05) is 5.69 Å². The van der Waals surface area contributed by atoms with Crippen LogP contribution in [0.2, 0.25) is 0 Å². The van der Waals surface area contributed by atoms with E-state index in [1.165, 1.54) is 12.1 Å². The van der Waals surface area contributed by atoms with Crippen molar-refractivity contribution in [2.24, 2.45) is 10.2 Å². The Morgan fingerprint density at radius 2 is 1.40 bits per heavy atom. The first kappa shape index (κ1) is 18.8. The zero-order valence-corrected chi connectivity index (χ0v) is 14.4. The van der Waals surface area contributed by atoms with E-state index < -0.39 is 41.4 Å². The van der Waals surface area contributed by atoms with Crippen LogP contribution in [0.25, 0.3) is 0 Å². The van der Waals surface area contributed by atoms with Gasteiger partial charge in [0.25, 0.3) is 20.2 Å². The van der Waals surface area contributed by atoms with Gasteiger partial charge in [0.15, 0.2) is 0 Å². The molecule has 0 aliphatic rings. The number of hydrogen-bond donors (Lipinski definition) is 4. The Morgan fingerprint density at radius 1 is 0.840 bits per heavy atom. The topological polar surface area (TPSA) is 185 Å². The zero-order chi connectivity index (χ0) is 19.0. The number of nitrogens with two attached hydrogens (primary N) is 2. The average molecular weight is 386 g/mol. The minimum Gasteiger partial charge on any atom is -0.399 e. The van der Waals surface area contributed by atoms with Crippen LogP contribution in [0, 0.1) is 6.92 Å². The first-order valence-corrected chi connectivity index (χ1v) is 9.44. The lowest BCUT2D eigenvalue weighted by atomic mass is 10.2. The Labute approximate surface area is 143 Å². The van der Waals surface area contributed by atoms with Crippen molar-refractivity contribution in [2.45, 2.75) is 16.7 Å². The lowest BCUT2D eigenvalue weighted by Gasteiger charge is -2.08. The molecule has 2 rings (SSSR count). The molecule has 0 spiro atoms. The van der Waals surface area contributed by atoms with Gasteiger partial charge in [-0.3, -0.25) is 9.11 Å². The van der Waals surface area contributed by atoms with E-state index in [2.05, 4.69) is 10.2 Å². The normalized spacial score (nSPS) is 12.6. The predicted octanol–water partition coefficient (Wildman–Crippen LogP) is 2.07. The number of nitrogens with zero attached hydrogens (tertiary/aromatic N) is 2. The summed E-state index contributed by atoms with van der Waals surface area (Å²) in [7, 11) is -9.50. The number of hydrogen-bond acceptors (Lipinski definition) is 8. The Balaban J connectivity index is 2.67. The SMILES string of the molecule is Cc1cc(N)ccc1N=Nc1cc(S(=O)(=O)O)c(N)cc1S(=O)(=O)O. The van der Waals surface area contributed by atoms with Crippen molar-refractivity contribution in [3.05, 3.63) is 35.9 Å². The Kier molecular flexibility index (Phi) is 4.81. The standard InChI is InChI=1S/C13H14N4O6S2/c1-7-4-8(14)2-3-10(7)16-17-11-6-12(24(18,19)20)9(15)5-13(11)25(21,22)23/h2-6H,14-15H2,1H3,(H,18,19,20)(H,21,22,23). The summed E-state index contributed by atoms with van der Waals surface area (Å²) in [4.78, 5) is -1.52. The molecule has 134 valence electrons. The highest BCUT2D eigenvalue weighted by atomic mass is 32.2. The molecular formula is C13H14N4O6S2. The molecule has 25 heavy (non-hydrogen) atoms. The second kappa shape index (κ2) is 6.40. The zero-order valence-electron chi connectivity index (χ0n) is 12.8. The average Bonchev–Trinajstić information content (AvgIpc) is 2.44. The van der Waals surface area contributed by atoms with Gasteiger partial charge >= 0.3 is 0 Å². The van der Waals surface area contributed by atoms with Gasteiger partial charge in [-0.05, 0) is 42.8 Å². The predicted molar refractivity (Wildman–Crippen MR) is 90.3 cm³/mol. The maximum absolute atomic E-state index is 11.5.